The monoisotopic (exact) mass is 288 g/mol. The minimum Gasteiger partial charge on any atom is -0.345 e. The molecule has 0 atom stereocenters. The molecule has 106 valence electrons. The van der Waals surface area contributed by atoms with Crippen molar-refractivity contribution in [1.29, 1.82) is 0 Å². The lowest BCUT2D eigenvalue weighted by molar-refractivity contribution is -0.127. The molecule has 0 aliphatic heterocycles. The topological polar surface area (TPSA) is 80.5 Å². The average Bonchev–Trinajstić information content (AvgIpc) is 2.35. The molecule has 0 radical (unpaired) electrons. The van der Waals surface area contributed by atoms with Crippen molar-refractivity contribution in [1.82, 2.24) is 4.90 Å². The van der Waals surface area contributed by atoms with E-state index in [1.807, 2.05) is 0 Å². The van der Waals surface area contributed by atoms with E-state index in [1.54, 1.807) is 0 Å². The Balaban J connectivity index is 2.77. The third kappa shape index (κ3) is 4.60. The minimum absolute atomic E-state index is 0.187. The Morgan fingerprint density at radius 1 is 1.42 bits per heavy atom. The van der Waals surface area contributed by atoms with Gasteiger partial charge in [-0.1, -0.05) is 6.07 Å². The van der Waals surface area contributed by atoms with E-state index in [1.165, 1.54) is 24.1 Å². The van der Waals surface area contributed by atoms with Crippen LogP contribution in [0.25, 0.3) is 0 Å². The van der Waals surface area contributed by atoms with Crippen LogP contribution in [0.3, 0.4) is 0 Å². The van der Waals surface area contributed by atoms with E-state index in [0.717, 1.165) is 12.1 Å². The van der Waals surface area contributed by atoms with Gasteiger partial charge in [-0.05, 0) is 31.2 Å². The van der Waals surface area contributed by atoms with E-state index >= 15 is 0 Å². The van der Waals surface area contributed by atoms with Crippen LogP contribution in [0.15, 0.2) is 29.2 Å². The number of carbonyl (C=O) groups is 1. The highest BCUT2D eigenvalue weighted by atomic mass is 32.2. The molecule has 5 nitrogen and oxygen atoms in total. The van der Waals surface area contributed by atoms with Crippen LogP contribution in [0.2, 0.25) is 0 Å². The predicted octanol–water partition coefficient (Wildman–Crippen LogP) is 0.407. The van der Waals surface area contributed by atoms with Gasteiger partial charge in [0, 0.05) is 13.6 Å². The largest absolute Gasteiger partial charge is 0.345 e. The number of benzene rings is 1. The van der Waals surface area contributed by atoms with Crippen molar-refractivity contribution in [3.63, 3.8) is 0 Å². The van der Waals surface area contributed by atoms with Gasteiger partial charge in [0.15, 0.2) is 9.84 Å². The van der Waals surface area contributed by atoms with Gasteiger partial charge in [-0.25, -0.2) is 12.8 Å². The number of halogens is 1. The van der Waals surface area contributed by atoms with Crippen LogP contribution in [0, 0.1) is 5.82 Å². The summed E-state index contributed by atoms with van der Waals surface area (Å²) in [6.07, 6.45) is 0.599. The van der Waals surface area contributed by atoms with Gasteiger partial charge in [-0.2, -0.15) is 0 Å². The summed E-state index contributed by atoms with van der Waals surface area (Å²) >= 11 is 0. The number of amides is 1. The van der Waals surface area contributed by atoms with Gasteiger partial charge >= 0.3 is 0 Å². The van der Waals surface area contributed by atoms with Crippen molar-refractivity contribution in [3.8, 4) is 0 Å². The van der Waals surface area contributed by atoms with Gasteiger partial charge < -0.3 is 10.6 Å². The SMILES string of the molecule is CN(CCCN)C(=O)CS(=O)(=O)c1cccc(F)c1. The van der Waals surface area contributed by atoms with Crippen molar-refractivity contribution in [3.05, 3.63) is 30.1 Å². The Kier molecular flexibility index (Phi) is 5.44. The van der Waals surface area contributed by atoms with Crippen LogP contribution in [0.4, 0.5) is 4.39 Å². The average molecular weight is 288 g/mol. The van der Waals surface area contributed by atoms with Gasteiger partial charge in [0.2, 0.25) is 5.91 Å². The lowest BCUT2D eigenvalue weighted by Gasteiger charge is -2.16. The first-order valence-corrected chi connectivity index (χ1v) is 7.44. The van der Waals surface area contributed by atoms with Crippen LogP contribution in [-0.2, 0) is 14.6 Å². The highest BCUT2D eigenvalue weighted by molar-refractivity contribution is 7.92. The predicted molar refractivity (Wildman–Crippen MR) is 69.8 cm³/mol. The number of rotatable bonds is 6. The van der Waals surface area contributed by atoms with Crippen molar-refractivity contribution in [2.75, 3.05) is 25.9 Å². The van der Waals surface area contributed by atoms with E-state index in [4.69, 9.17) is 5.73 Å². The number of sulfone groups is 1. The van der Waals surface area contributed by atoms with Gasteiger partial charge in [0.1, 0.15) is 11.6 Å². The van der Waals surface area contributed by atoms with Crippen LogP contribution in [-0.4, -0.2) is 45.1 Å². The van der Waals surface area contributed by atoms with Gasteiger partial charge in [-0.15, -0.1) is 0 Å². The molecule has 0 bridgehead atoms. The molecule has 2 N–H and O–H groups in total. The Morgan fingerprint density at radius 2 is 2.11 bits per heavy atom. The summed E-state index contributed by atoms with van der Waals surface area (Å²) in [6, 6.07) is 4.62. The summed E-state index contributed by atoms with van der Waals surface area (Å²) < 4.78 is 36.9. The fraction of sp³-hybridized carbons (Fsp3) is 0.417. The van der Waals surface area contributed by atoms with Gasteiger partial charge in [-0.3, -0.25) is 4.79 Å². The summed E-state index contributed by atoms with van der Waals surface area (Å²) in [4.78, 5) is 12.9. The van der Waals surface area contributed by atoms with Crippen LogP contribution < -0.4 is 5.73 Å². The molecule has 0 heterocycles. The first-order valence-electron chi connectivity index (χ1n) is 5.79. The Labute approximate surface area is 112 Å². The van der Waals surface area contributed by atoms with E-state index < -0.39 is 27.3 Å². The maximum atomic E-state index is 13.0. The molecule has 0 aromatic heterocycles. The summed E-state index contributed by atoms with van der Waals surface area (Å²) in [5, 5.41) is 0. The Bertz CT molecular complexity index is 546. The Hall–Kier alpha value is -1.47. The summed E-state index contributed by atoms with van der Waals surface area (Å²) in [7, 11) is -2.30. The first-order chi connectivity index (χ1) is 8.86. The molecular weight excluding hydrogens is 271 g/mol. The lowest BCUT2D eigenvalue weighted by atomic mass is 10.4. The standard InChI is InChI=1S/C12H17FN2O3S/c1-15(7-3-6-14)12(16)9-19(17,18)11-5-2-4-10(13)8-11/h2,4-5,8H,3,6-7,9,14H2,1H3. The zero-order valence-corrected chi connectivity index (χ0v) is 11.5. The summed E-state index contributed by atoms with van der Waals surface area (Å²) in [5.41, 5.74) is 5.31. The minimum atomic E-state index is -3.81. The highest BCUT2D eigenvalue weighted by Gasteiger charge is 2.21. The molecule has 1 amide bonds. The zero-order valence-electron chi connectivity index (χ0n) is 10.7. The Morgan fingerprint density at radius 3 is 2.68 bits per heavy atom. The maximum absolute atomic E-state index is 13.0. The van der Waals surface area contributed by atoms with E-state index in [-0.39, 0.29) is 4.90 Å². The second-order valence-electron chi connectivity index (χ2n) is 4.17. The molecule has 1 rings (SSSR count). The molecule has 1 aromatic rings. The molecule has 0 spiro atoms. The van der Waals surface area contributed by atoms with E-state index in [0.29, 0.717) is 19.5 Å². The van der Waals surface area contributed by atoms with Crippen molar-refractivity contribution < 1.29 is 17.6 Å². The molecule has 0 unspecified atom stereocenters. The molecule has 19 heavy (non-hydrogen) atoms. The molecule has 0 aliphatic carbocycles. The molecular formula is C12H17FN2O3S. The molecule has 0 saturated carbocycles. The molecule has 1 aromatic carbocycles. The zero-order chi connectivity index (χ0) is 14.5. The maximum Gasteiger partial charge on any atom is 0.237 e. The lowest BCUT2D eigenvalue weighted by Crippen LogP contribution is -2.34. The number of carbonyl (C=O) groups excluding carboxylic acids is 1. The summed E-state index contributed by atoms with van der Waals surface area (Å²) in [6.45, 7) is 0.822. The fourth-order valence-electron chi connectivity index (χ4n) is 1.47. The van der Waals surface area contributed by atoms with Crippen molar-refractivity contribution in [2.45, 2.75) is 11.3 Å². The van der Waals surface area contributed by atoms with Crippen LogP contribution in [0.1, 0.15) is 6.42 Å². The van der Waals surface area contributed by atoms with Crippen LogP contribution in [0.5, 0.6) is 0 Å². The molecule has 0 saturated heterocycles. The normalized spacial score (nSPS) is 11.3. The van der Waals surface area contributed by atoms with Crippen molar-refractivity contribution >= 4 is 15.7 Å². The number of hydrogen-bond acceptors (Lipinski definition) is 4. The first kappa shape index (κ1) is 15.6. The number of nitrogens with zero attached hydrogens (tertiary/aromatic N) is 1. The van der Waals surface area contributed by atoms with Gasteiger partial charge in [0.05, 0.1) is 4.90 Å². The van der Waals surface area contributed by atoms with E-state index in [2.05, 4.69) is 0 Å². The second kappa shape index (κ2) is 6.63. The fourth-order valence-corrected chi connectivity index (χ4v) is 2.76. The molecule has 7 heteroatoms. The highest BCUT2D eigenvalue weighted by Crippen LogP contribution is 2.13. The van der Waals surface area contributed by atoms with Crippen LogP contribution >= 0.6 is 0 Å². The summed E-state index contributed by atoms with van der Waals surface area (Å²) in [5.74, 6) is -1.85. The smallest absolute Gasteiger partial charge is 0.237 e. The molecule has 0 aliphatic rings. The molecule has 0 fully saturated rings. The quantitative estimate of drug-likeness (QED) is 0.822. The van der Waals surface area contributed by atoms with Gasteiger partial charge in [0.25, 0.3) is 0 Å². The van der Waals surface area contributed by atoms with E-state index in [9.17, 15) is 17.6 Å². The number of nitrogens with two attached hydrogens (primary N) is 1. The third-order valence-corrected chi connectivity index (χ3v) is 4.19. The third-order valence-electron chi connectivity index (χ3n) is 2.59. The number of hydrogen-bond donors (Lipinski definition) is 1. The second-order valence-corrected chi connectivity index (χ2v) is 6.16. The van der Waals surface area contributed by atoms with Crippen molar-refractivity contribution in [2.24, 2.45) is 5.73 Å².